The van der Waals surface area contributed by atoms with Gasteiger partial charge in [-0.05, 0) is 51.2 Å². The Morgan fingerprint density at radius 1 is 1.21 bits per heavy atom. The van der Waals surface area contributed by atoms with E-state index in [9.17, 15) is 9.59 Å². The van der Waals surface area contributed by atoms with Crippen molar-refractivity contribution in [3.8, 4) is 0 Å². The van der Waals surface area contributed by atoms with Crippen molar-refractivity contribution >= 4 is 11.8 Å². The van der Waals surface area contributed by atoms with E-state index in [-0.39, 0.29) is 17.9 Å². The minimum atomic E-state index is -0.153. The molecular formula is C20H28N2O2. The number of nitrogens with one attached hydrogen (secondary N) is 1. The number of carbonyl (C=O) groups is 2. The highest BCUT2D eigenvalue weighted by Gasteiger charge is 2.42. The number of amides is 2. The SMILES string of the molecule is C[C@H](CC(=O)N1[C@H](C)C[C@H]2CCCC[C@@H]21)NC(=O)c1ccccc1. The summed E-state index contributed by atoms with van der Waals surface area (Å²) in [6.45, 7) is 4.08. The van der Waals surface area contributed by atoms with Crippen LogP contribution in [0.25, 0.3) is 0 Å². The maximum absolute atomic E-state index is 12.8. The highest BCUT2D eigenvalue weighted by atomic mass is 16.2. The molecule has 0 unspecified atom stereocenters. The third-order valence-corrected chi connectivity index (χ3v) is 5.53. The Kier molecular flexibility index (Phi) is 5.22. The van der Waals surface area contributed by atoms with Crippen LogP contribution in [0.2, 0.25) is 0 Å². The minimum absolute atomic E-state index is 0.110. The molecule has 0 spiro atoms. The molecule has 1 aromatic rings. The van der Waals surface area contributed by atoms with Gasteiger partial charge in [0.1, 0.15) is 0 Å². The average Bonchev–Trinajstić information content (AvgIpc) is 2.91. The van der Waals surface area contributed by atoms with E-state index < -0.39 is 0 Å². The van der Waals surface area contributed by atoms with Crippen LogP contribution in [0.5, 0.6) is 0 Å². The lowest BCUT2D eigenvalue weighted by molar-refractivity contribution is -0.134. The van der Waals surface area contributed by atoms with E-state index in [4.69, 9.17) is 0 Å². The van der Waals surface area contributed by atoms with Crippen LogP contribution in [0.3, 0.4) is 0 Å². The fourth-order valence-electron chi connectivity index (χ4n) is 4.45. The van der Waals surface area contributed by atoms with E-state index in [1.807, 2.05) is 25.1 Å². The van der Waals surface area contributed by atoms with E-state index in [0.29, 0.717) is 30.0 Å². The van der Waals surface area contributed by atoms with Crippen LogP contribution in [-0.2, 0) is 4.79 Å². The first-order chi connectivity index (χ1) is 11.6. The van der Waals surface area contributed by atoms with Crippen molar-refractivity contribution in [2.75, 3.05) is 0 Å². The first kappa shape index (κ1) is 17.0. The molecule has 130 valence electrons. The lowest BCUT2D eigenvalue weighted by atomic mass is 9.85. The molecule has 1 heterocycles. The molecule has 4 atom stereocenters. The van der Waals surface area contributed by atoms with Crippen molar-refractivity contribution in [1.29, 1.82) is 0 Å². The first-order valence-electron chi connectivity index (χ1n) is 9.23. The van der Waals surface area contributed by atoms with E-state index in [1.165, 1.54) is 19.3 Å². The number of carbonyl (C=O) groups excluding carboxylic acids is 2. The highest BCUT2D eigenvalue weighted by molar-refractivity contribution is 5.94. The summed E-state index contributed by atoms with van der Waals surface area (Å²) in [6.07, 6.45) is 6.47. The predicted molar refractivity (Wildman–Crippen MR) is 94.7 cm³/mol. The fraction of sp³-hybridized carbons (Fsp3) is 0.600. The molecular weight excluding hydrogens is 300 g/mol. The smallest absolute Gasteiger partial charge is 0.251 e. The molecule has 1 aromatic carbocycles. The minimum Gasteiger partial charge on any atom is -0.349 e. The summed E-state index contributed by atoms with van der Waals surface area (Å²) in [5.41, 5.74) is 0.638. The maximum Gasteiger partial charge on any atom is 0.251 e. The zero-order valence-corrected chi connectivity index (χ0v) is 14.7. The van der Waals surface area contributed by atoms with Crippen molar-refractivity contribution in [3.63, 3.8) is 0 Å². The first-order valence-corrected chi connectivity index (χ1v) is 9.23. The number of fused-ring (bicyclic) bond motifs is 1. The number of likely N-dealkylation sites (tertiary alicyclic amines) is 1. The topological polar surface area (TPSA) is 49.4 Å². The van der Waals surface area contributed by atoms with Gasteiger partial charge in [0.05, 0.1) is 0 Å². The second-order valence-corrected chi connectivity index (χ2v) is 7.44. The standard InChI is InChI=1S/C20H28N2O2/c1-14(21-20(24)16-8-4-3-5-9-16)12-19(23)22-15(2)13-17-10-6-7-11-18(17)22/h3-5,8-9,14-15,17-18H,6-7,10-13H2,1-2H3,(H,21,24)/t14-,15-,17-,18+/m1/s1. The van der Waals surface area contributed by atoms with Crippen LogP contribution in [0, 0.1) is 5.92 Å². The summed E-state index contributed by atoms with van der Waals surface area (Å²) in [4.78, 5) is 27.1. The lowest BCUT2D eigenvalue weighted by Crippen LogP contribution is -2.45. The second-order valence-electron chi connectivity index (χ2n) is 7.44. The molecule has 4 heteroatoms. The zero-order chi connectivity index (χ0) is 17.1. The van der Waals surface area contributed by atoms with Gasteiger partial charge in [0.2, 0.25) is 5.91 Å². The number of hydrogen-bond donors (Lipinski definition) is 1. The largest absolute Gasteiger partial charge is 0.349 e. The molecule has 0 bridgehead atoms. The molecule has 4 nitrogen and oxygen atoms in total. The molecule has 3 rings (SSSR count). The van der Waals surface area contributed by atoms with Gasteiger partial charge in [-0.25, -0.2) is 0 Å². The third kappa shape index (κ3) is 3.63. The summed E-state index contributed by atoms with van der Waals surface area (Å²) >= 11 is 0. The summed E-state index contributed by atoms with van der Waals surface area (Å²) in [6, 6.07) is 9.78. The van der Waals surface area contributed by atoms with Crippen LogP contribution in [0.15, 0.2) is 30.3 Å². The Morgan fingerprint density at radius 3 is 2.67 bits per heavy atom. The van der Waals surface area contributed by atoms with Gasteiger partial charge in [0.15, 0.2) is 0 Å². The normalized spacial score (nSPS) is 27.4. The Hall–Kier alpha value is -1.84. The van der Waals surface area contributed by atoms with E-state index in [2.05, 4.69) is 17.1 Å². The summed E-state index contributed by atoms with van der Waals surface area (Å²) < 4.78 is 0. The van der Waals surface area contributed by atoms with Crippen LogP contribution in [-0.4, -0.2) is 34.8 Å². The fourth-order valence-corrected chi connectivity index (χ4v) is 4.45. The van der Waals surface area contributed by atoms with Crippen molar-refractivity contribution in [2.24, 2.45) is 5.92 Å². The lowest BCUT2D eigenvalue weighted by Gasteiger charge is -2.34. The van der Waals surface area contributed by atoms with Gasteiger partial charge in [-0.2, -0.15) is 0 Å². The van der Waals surface area contributed by atoms with Crippen LogP contribution in [0.4, 0.5) is 0 Å². The molecule has 1 aliphatic carbocycles. The molecule has 0 radical (unpaired) electrons. The Bertz CT molecular complexity index is 587. The zero-order valence-electron chi connectivity index (χ0n) is 14.7. The van der Waals surface area contributed by atoms with Gasteiger partial charge in [-0.1, -0.05) is 31.0 Å². The average molecular weight is 328 g/mol. The molecule has 2 fully saturated rings. The molecule has 1 saturated carbocycles. The second kappa shape index (κ2) is 7.37. The third-order valence-electron chi connectivity index (χ3n) is 5.53. The monoisotopic (exact) mass is 328 g/mol. The molecule has 1 N–H and O–H groups in total. The molecule has 0 aromatic heterocycles. The van der Waals surface area contributed by atoms with Gasteiger partial charge < -0.3 is 10.2 Å². The van der Waals surface area contributed by atoms with E-state index in [1.54, 1.807) is 12.1 Å². The summed E-state index contributed by atoms with van der Waals surface area (Å²) in [5.74, 6) is 0.769. The summed E-state index contributed by atoms with van der Waals surface area (Å²) in [7, 11) is 0. The van der Waals surface area contributed by atoms with E-state index in [0.717, 1.165) is 12.8 Å². The Morgan fingerprint density at radius 2 is 1.92 bits per heavy atom. The number of rotatable bonds is 4. The number of nitrogens with zero attached hydrogens (tertiary/aromatic N) is 1. The highest BCUT2D eigenvalue weighted by Crippen LogP contribution is 2.39. The summed E-state index contributed by atoms with van der Waals surface area (Å²) in [5, 5.41) is 2.95. The van der Waals surface area contributed by atoms with Crippen molar-refractivity contribution in [2.45, 2.75) is 70.5 Å². The predicted octanol–water partition coefficient (Wildman–Crippen LogP) is 3.37. The molecule has 24 heavy (non-hydrogen) atoms. The molecule has 2 amide bonds. The van der Waals surface area contributed by atoms with Crippen LogP contribution < -0.4 is 5.32 Å². The van der Waals surface area contributed by atoms with Crippen LogP contribution >= 0.6 is 0 Å². The molecule has 1 aliphatic heterocycles. The molecule has 2 aliphatic rings. The van der Waals surface area contributed by atoms with E-state index >= 15 is 0 Å². The number of benzene rings is 1. The van der Waals surface area contributed by atoms with Crippen molar-refractivity contribution in [3.05, 3.63) is 35.9 Å². The number of hydrogen-bond acceptors (Lipinski definition) is 2. The van der Waals surface area contributed by atoms with Gasteiger partial charge in [0, 0.05) is 30.1 Å². The van der Waals surface area contributed by atoms with Crippen molar-refractivity contribution < 1.29 is 9.59 Å². The Balaban J connectivity index is 1.57. The quantitative estimate of drug-likeness (QED) is 0.921. The maximum atomic E-state index is 12.8. The molecule has 1 saturated heterocycles. The van der Waals surface area contributed by atoms with Gasteiger partial charge in [-0.15, -0.1) is 0 Å². The Labute approximate surface area is 144 Å². The van der Waals surface area contributed by atoms with Crippen molar-refractivity contribution in [1.82, 2.24) is 10.2 Å². The van der Waals surface area contributed by atoms with Gasteiger partial charge in [-0.3, -0.25) is 9.59 Å². The van der Waals surface area contributed by atoms with Gasteiger partial charge in [0.25, 0.3) is 5.91 Å². The van der Waals surface area contributed by atoms with Gasteiger partial charge >= 0.3 is 0 Å². The van der Waals surface area contributed by atoms with Crippen LogP contribution in [0.1, 0.15) is 62.7 Å².